The molecular formula is C8H8BrNO2. The molecule has 0 fully saturated rings. The van der Waals surface area contributed by atoms with E-state index >= 15 is 0 Å². The van der Waals surface area contributed by atoms with Gasteiger partial charge in [-0.15, -0.1) is 0 Å². The first kappa shape index (κ1) is 9.19. The van der Waals surface area contributed by atoms with Crippen molar-refractivity contribution in [3.63, 3.8) is 0 Å². The number of halogens is 1. The van der Waals surface area contributed by atoms with Crippen molar-refractivity contribution in [3.05, 3.63) is 33.2 Å². The molecule has 0 aliphatic heterocycles. The number of pyridine rings is 1. The van der Waals surface area contributed by atoms with Gasteiger partial charge in [0, 0.05) is 6.20 Å². The molecule has 0 saturated heterocycles. The molecular weight excluding hydrogens is 222 g/mol. The van der Waals surface area contributed by atoms with Crippen LogP contribution in [0.1, 0.15) is 6.92 Å². The normalized spacial score (nSPS) is 9.83. The highest BCUT2D eigenvalue weighted by molar-refractivity contribution is 9.10. The molecule has 0 radical (unpaired) electrons. The third kappa shape index (κ3) is 2.04. The van der Waals surface area contributed by atoms with Gasteiger partial charge in [-0.1, -0.05) is 0 Å². The van der Waals surface area contributed by atoms with E-state index in [1.807, 2.05) is 0 Å². The van der Waals surface area contributed by atoms with Crippen LogP contribution >= 0.6 is 15.9 Å². The topological polar surface area (TPSA) is 39.1 Å². The fraction of sp³-hybridized carbons (Fsp3) is 0.250. The van der Waals surface area contributed by atoms with Gasteiger partial charge in [0.1, 0.15) is 5.78 Å². The van der Waals surface area contributed by atoms with Crippen molar-refractivity contribution < 1.29 is 4.79 Å². The molecule has 0 atom stereocenters. The van der Waals surface area contributed by atoms with Gasteiger partial charge in [-0.3, -0.25) is 9.59 Å². The van der Waals surface area contributed by atoms with E-state index in [-0.39, 0.29) is 17.9 Å². The minimum Gasteiger partial charge on any atom is -0.307 e. The van der Waals surface area contributed by atoms with Crippen LogP contribution < -0.4 is 5.56 Å². The minimum atomic E-state index is -0.173. The lowest BCUT2D eigenvalue weighted by Gasteiger charge is -2.01. The van der Waals surface area contributed by atoms with Crippen LogP contribution in [0.5, 0.6) is 0 Å². The van der Waals surface area contributed by atoms with E-state index in [2.05, 4.69) is 15.9 Å². The summed E-state index contributed by atoms with van der Waals surface area (Å²) >= 11 is 3.09. The predicted octanol–water partition coefficient (Wildman–Crippen LogP) is 1.20. The van der Waals surface area contributed by atoms with Gasteiger partial charge in [0.05, 0.1) is 11.0 Å². The average Bonchev–Trinajstić information content (AvgIpc) is 1.98. The second kappa shape index (κ2) is 3.67. The number of carbonyl (C=O) groups excluding carboxylic acids is 1. The fourth-order valence-corrected chi connectivity index (χ4v) is 1.25. The van der Waals surface area contributed by atoms with Gasteiger partial charge in [-0.2, -0.15) is 0 Å². The highest BCUT2D eigenvalue weighted by Crippen LogP contribution is 2.00. The molecule has 1 aromatic rings. The van der Waals surface area contributed by atoms with Gasteiger partial charge in [0.15, 0.2) is 0 Å². The third-order valence-corrected chi connectivity index (χ3v) is 1.97. The van der Waals surface area contributed by atoms with Crippen LogP contribution in [0.2, 0.25) is 0 Å². The van der Waals surface area contributed by atoms with Crippen LogP contribution in [-0.2, 0) is 11.3 Å². The molecule has 0 amide bonds. The second-order valence-corrected chi connectivity index (χ2v) is 3.35. The Kier molecular flexibility index (Phi) is 2.81. The van der Waals surface area contributed by atoms with Gasteiger partial charge >= 0.3 is 0 Å². The highest BCUT2D eigenvalue weighted by atomic mass is 79.9. The zero-order chi connectivity index (χ0) is 9.14. The van der Waals surface area contributed by atoms with Crippen LogP contribution in [0.3, 0.4) is 0 Å². The maximum absolute atomic E-state index is 11.3. The molecule has 1 heterocycles. The Hall–Kier alpha value is -0.900. The number of aromatic nitrogens is 1. The first-order valence-corrected chi connectivity index (χ1v) is 4.25. The Morgan fingerprint density at radius 2 is 2.33 bits per heavy atom. The Morgan fingerprint density at radius 3 is 2.92 bits per heavy atom. The summed E-state index contributed by atoms with van der Waals surface area (Å²) in [6.45, 7) is 1.59. The Morgan fingerprint density at radius 1 is 1.67 bits per heavy atom. The lowest BCUT2D eigenvalue weighted by molar-refractivity contribution is -0.117. The SMILES string of the molecule is CC(=O)Cn1cccc(Br)c1=O. The van der Waals surface area contributed by atoms with Crippen molar-refractivity contribution in [2.45, 2.75) is 13.5 Å². The molecule has 0 aliphatic rings. The fourth-order valence-electron chi connectivity index (χ4n) is 0.872. The number of nitrogens with zero attached hydrogens (tertiary/aromatic N) is 1. The van der Waals surface area contributed by atoms with Crippen molar-refractivity contribution in [2.75, 3.05) is 0 Å². The monoisotopic (exact) mass is 229 g/mol. The van der Waals surface area contributed by atoms with E-state index in [4.69, 9.17) is 0 Å². The molecule has 0 saturated carbocycles. The van der Waals surface area contributed by atoms with Gasteiger partial charge in [-0.05, 0) is 35.0 Å². The summed E-state index contributed by atoms with van der Waals surface area (Å²) in [5, 5.41) is 0. The Bertz CT molecular complexity index is 356. The largest absolute Gasteiger partial charge is 0.307 e. The number of ketones is 1. The van der Waals surface area contributed by atoms with E-state index in [0.717, 1.165) is 0 Å². The summed E-state index contributed by atoms with van der Waals surface area (Å²) in [7, 11) is 0. The quantitative estimate of drug-likeness (QED) is 0.765. The summed E-state index contributed by atoms with van der Waals surface area (Å²) in [6, 6.07) is 3.37. The number of Topliss-reactive ketones (excluding diaryl/α,β-unsaturated/α-hetero) is 1. The average molecular weight is 230 g/mol. The summed E-state index contributed by atoms with van der Waals surface area (Å²) in [4.78, 5) is 22.0. The molecule has 12 heavy (non-hydrogen) atoms. The molecule has 0 N–H and O–H groups in total. The lowest BCUT2D eigenvalue weighted by atomic mass is 10.4. The second-order valence-electron chi connectivity index (χ2n) is 2.49. The van der Waals surface area contributed by atoms with Gasteiger partial charge in [0.25, 0.3) is 5.56 Å². The smallest absolute Gasteiger partial charge is 0.265 e. The van der Waals surface area contributed by atoms with Gasteiger partial charge < -0.3 is 4.57 Å². The number of hydrogen-bond acceptors (Lipinski definition) is 2. The Labute approximate surface area is 78.1 Å². The molecule has 0 spiro atoms. The van der Waals surface area contributed by atoms with E-state index in [1.165, 1.54) is 11.5 Å². The number of hydrogen-bond donors (Lipinski definition) is 0. The summed E-state index contributed by atoms with van der Waals surface area (Å²) in [5.41, 5.74) is -0.173. The third-order valence-electron chi connectivity index (χ3n) is 1.37. The summed E-state index contributed by atoms with van der Waals surface area (Å²) < 4.78 is 1.85. The van der Waals surface area contributed by atoms with Crippen LogP contribution in [0.4, 0.5) is 0 Å². The zero-order valence-corrected chi connectivity index (χ0v) is 8.17. The molecule has 1 aromatic heterocycles. The molecule has 1 rings (SSSR count). The number of carbonyl (C=O) groups is 1. The lowest BCUT2D eigenvalue weighted by Crippen LogP contribution is -2.22. The molecule has 0 bridgehead atoms. The number of rotatable bonds is 2. The van der Waals surface area contributed by atoms with Crippen LogP contribution in [-0.4, -0.2) is 10.4 Å². The summed E-state index contributed by atoms with van der Waals surface area (Å²) in [5.74, 6) is -0.0322. The standard InChI is InChI=1S/C8H8BrNO2/c1-6(11)5-10-4-2-3-7(9)8(10)12/h2-4H,5H2,1H3. The van der Waals surface area contributed by atoms with Crippen molar-refractivity contribution in [3.8, 4) is 0 Å². The first-order chi connectivity index (χ1) is 5.61. The highest BCUT2D eigenvalue weighted by Gasteiger charge is 2.00. The van der Waals surface area contributed by atoms with Gasteiger partial charge in [-0.25, -0.2) is 0 Å². The van der Waals surface area contributed by atoms with Crippen molar-refractivity contribution in [1.82, 2.24) is 4.57 Å². The van der Waals surface area contributed by atoms with Crippen molar-refractivity contribution >= 4 is 21.7 Å². The van der Waals surface area contributed by atoms with E-state index in [1.54, 1.807) is 18.3 Å². The van der Waals surface area contributed by atoms with Crippen LogP contribution in [0.25, 0.3) is 0 Å². The van der Waals surface area contributed by atoms with Crippen molar-refractivity contribution in [2.24, 2.45) is 0 Å². The van der Waals surface area contributed by atoms with Crippen LogP contribution in [0.15, 0.2) is 27.6 Å². The van der Waals surface area contributed by atoms with E-state index in [9.17, 15) is 9.59 Å². The molecule has 0 aromatic carbocycles. The molecule has 3 nitrogen and oxygen atoms in total. The summed E-state index contributed by atoms with van der Waals surface area (Å²) in [6.07, 6.45) is 1.59. The maximum atomic E-state index is 11.3. The van der Waals surface area contributed by atoms with Crippen LogP contribution in [0, 0.1) is 0 Å². The van der Waals surface area contributed by atoms with E-state index < -0.39 is 0 Å². The molecule has 0 aliphatic carbocycles. The first-order valence-electron chi connectivity index (χ1n) is 3.45. The minimum absolute atomic E-state index is 0.0322. The Balaban J connectivity index is 3.09. The molecule has 4 heteroatoms. The zero-order valence-electron chi connectivity index (χ0n) is 6.58. The van der Waals surface area contributed by atoms with E-state index in [0.29, 0.717) is 4.47 Å². The predicted molar refractivity (Wildman–Crippen MR) is 49.1 cm³/mol. The molecule has 0 unspecified atom stereocenters. The molecule has 64 valence electrons. The van der Waals surface area contributed by atoms with Crippen molar-refractivity contribution in [1.29, 1.82) is 0 Å². The maximum Gasteiger partial charge on any atom is 0.265 e. The van der Waals surface area contributed by atoms with Gasteiger partial charge in [0.2, 0.25) is 0 Å².